The maximum Gasteiger partial charge on any atom is 0.243 e. The molecule has 3 aromatic rings. The first-order valence-electron chi connectivity index (χ1n) is 10.8. The third kappa shape index (κ3) is 5.11. The number of carbonyl (C=O) groups is 1. The molecular formula is C24H27N3O3S. The minimum Gasteiger partial charge on any atom is -0.324 e. The molecule has 162 valence electrons. The minimum absolute atomic E-state index is 0.0978. The Morgan fingerprint density at radius 2 is 1.65 bits per heavy atom. The van der Waals surface area contributed by atoms with E-state index in [1.54, 1.807) is 34.8 Å². The van der Waals surface area contributed by atoms with Crippen LogP contribution in [0, 0.1) is 0 Å². The lowest BCUT2D eigenvalue weighted by Crippen LogP contribution is -2.31. The fraction of sp³-hybridized carbons (Fsp3) is 0.333. The van der Waals surface area contributed by atoms with Gasteiger partial charge < -0.3 is 5.32 Å². The van der Waals surface area contributed by atoms with Crippen LogP contribution in [0.2, 0.25) is 0 Å². The van der Waals surface area contributed by atoms with Gasteiger partial charge in [0.2, 0.25) is 15.9 Å². The number of rotatable bonds is 6. The zero-order chi connectivity index (χ0) is 21.7. The van der Waals surface area contributed by atoms with Crippen molar-refractivity contribution in [1.82, 2.24) is 9.29 Å². The smallest absolute Gasteiger partial charge is 0.243 e. The number of benzene rings is 2. The zero-order valence-corrected chi connectivity index (χ0v) is 18.3. The van der Waals surface area contributed by atoms with Gasteiger partial charge in [0.1, 0.15) is 0 Å². The van der Waals surface area contributed by atoms with Crippen molar-refractivity contribution < 1.29 is 13.2 Å². The molecule has 1 aliphatic heterocycles. The van der Waals surface area contributed by atoms with E-state index in [0.29, 0.717) is 36.5 Å². The molecule has 0 radical (unpaired) electrons. The SMILES string of the molecule is O=C(CCc1ccc(S(=O)(=O)N2CCCCCC2)cc1)Nc1cccc2cccnc12. The number of para-hydroxylation sites is 1. The van der Waals surface area contributed by atoms with Crippen LogP contribution in [-0.2, 0) is 21.2 Å². The number of aromatic nitrogens is 1. The average molecular weight is 438 g/mol. The molecule has 1 fully saturated rings. The first-order valence-corrected chi connectivity index (χ1v) is 12.2. The largest absolute Gasteiger partial charge is 0.324 e. The van der Waals surface area contributed by atoms with Crippen LogP contribution in [0.5, 0.6) is 0 Å². The van der Waals surface area contributed by atoms with Crippen LogP contribution in [0.4, 0.5) is 5.69 Å². The Balaban J connectivity index is 1.37. The molecule has 0 saturated carbocycles. The maximum atomic E-state index is 12.9. The van der Waals surface area contributed by atoms with Gasteiger partial charge in [-0.25, -0.2) is 8.42 Å². The predicted molar refractivity (Wildman–Crippen MR) is 122 cm³/mol. The summed E-state index contributed by atoms with van der Waals surface area (Å²) in [6.07, 6.45) is 6.55. The van der Waals surface area contributed by atoms with Crippen molar-refractivity contribution in [1.29, 1.82) is 0 Å². The highest BCUT2D eigenvalue weighted by molar-refractivity contribution is 7.89. The summed E-state index contributed by atoms with van der Waals surface area (Å²) >= 11 is 0. The molecule has 0 unspecified atom stereocenters. The van der Waals surface area contributed by atoms with Crippen molar-refractivity contribution in [2.45, 2.75) is 43.4 Å². The molecule has 0 bridgehead atoms. The number of pyridine rings is 1. The molecule has 7 heteroatoms. The van der Waals surface area contributed by atoms with Gasteiger partial charge >= 0.3 is 0 Å². The van der Waals surface area contributed by atoms with Crippen LogP contribution in [0.3, 0.4) is 0 Å². The summed E-state index contributed by atoms with van der Waals surface area (Å²) < 4.78 is 27.4. The molecule has 0 aliphatic carbocycles. The van der Waals surface area contributed by atoms with Crippen molar-refractivity contribution in [3.8, 4) is 0 Å². The first-order chi connectivity index (χ1) is 15.0. The van der Waals surface area contributed by atoms with Gasteiger partial charge in [-0.2, -0.15) is 4.31 Å². The van der Waals surface area contributed by atoms with E-state index in [9.17, 15) is 13.2 Å². The lowest BCUT2D eigenvalue weighted by molar-refractivity contribution is -0.116. The topological polar surface area (TPSA) is 79.4 Å². The number of amides is 1. The predicted octanol–water partition coefficient (Wildman–Crippen LogP) is 4.37. The summed E-state index contributed by atoms with van der Waals surface area (Å²) in [5, 5.41) is 3.91. The molecule has 31 heavy (non-hydrogen) atoms. The molecule has 0 atom stereocenters. The average Bonchev–Trinajstić information content (AvgIpc) is 3.09. The number of hydrogen-bond donors (Lipinski definition) is 1. The van der Waals surface area contributed by atoms with Crippen molar-refractivity contribution in [2.24, 2.45) is 0 Å². The molecule has 2 heterocycles. The van der Waals surface area contributed by atoms with Crippen molar-refractivity contribution in [3.05, 3.63) is 66.4 Å². The summed E-state index contributed by atoms with van der Waals surface area (Å²) in [7, 11) is -3.45. The van der Waals surface area contributed by atoms with Crippen LogP contribution < -0.4 is 5.32 Å². The lowest BCUT2D eigenvalue weighted by atomic mass is 10.1. The number of nitrogens with one attached hydrogen (secondary N) is 1. The lowest BCUT2D eigenvalue weighted by Gasteiger charge is -2.20. The number of carbonyl (C=O) groups excluding carboxylic acids is 1. The third-order valence-corrected chi connectivity index (χ3v) is 7.59. The maximum absolute atomic E-state index is 12.9. The second kappa shape index (κ2) is 9.58. The Kier molecular flexibility index (Phi) is 6.63. The Bertz CT molecular complexity index is 1150. The van der Waals surface area contributed by atoms with Crippen LogP contribution in [0.25, 0.3) is 10.9 Å². The molecule has 4 rings (SSSR count). The number of hydrogen-bond acceptors (Lipinski definition) is 4. The summed E-state index contributed by atoms with van der Waals surface area (Å²) in [4.78, 5) is 17.1. The van der Waals surface area contributed by atoms with Gasteiger partial charge in [0.05, 0.1) is 16.1 Å². The summed E-state index contributed by atoms with van der Waals surface area (Å²) in [6, 6.07) is 16.4. The van der Waals surface area contributed by atoms with Gasteiger partial charge in [0.25, 0.3) is 0 Å². The molecule has 6 nitrogen and oxygen atoms in total. The Labute approximate surface area is 183 Å². The second-order valence-electron chi connectivity index (χ2n) is 7.89. The van der Waals surface area contributed by atoms with Gasteiger partial charge in [0.15, 0.2) is 0 Å². The molecule has 1 saturated heterocycles. The van der Waals surface area contributed by atoms with Gasteiger partial charge in [-0.05, 0) is 49.1 Å². The van der Waals surface area contributed by atoms with Gasteiger partial charge in [-0.15, -0.1) is 0 Å². The van der Waals surface area contributed by atoms with E-state index in [-0.39, 0.29) is 5.91 Å². The fourth-order valence-corrected chi connectivity index (χ4v) is 5.45. The van der Waals surface area contributed by atoms with Crippen LogP contribution in [-0.4, -0.2) is 36.7 Å². The molecule has 1 amide bonds. The van der Waals surface area contributed by atoms with Gasteiger partial charge in [-0.3, -0.25) is 9.78 Å². The second-order valence-corrected chi connectivity index (χ2v) is 9.83. The van der Waals surface area contributed by atoms with Gasteiger partial charge in [0, 0.05) is 31.1 Å². The zero-order valence-electron chi connectivity index (χ0n) is 17.5. The van der Waals surface area contributed by atoms with Crippen molar-refractivity contribution in [2.75, 3.05) is 18.4 Å². The van der Waals surface area contributed by atoms with Gasteiger partial charge in [-0.1, -0.05) is 43.2 Å². The monoisotopic (exact) mass is 437 g/mol. The van der Waals surface area contributed by atoms with Crippen LogP contribution >= 0.6 is 0 Å². The van der Waals surface area contributed by atoms with E-state index < -0.39 is 10.0 Å². The first kappa shape index (κ1) is 21.5. The molecule has 1 aliphatic rings. The van der Waals surface area contributed by atoms with E-state index in [1.165, 1.54) is 0 Å². The summed E-state index contributed by atoms with van der Waals surface area (Å²) in [6.45, 7) is 1.18. The van der Waals surface area contributed by atoms with E-state index in [0.717, 1.165) is 42.1 Å². The normalized spacial score (nSPS) is 15.5. The Hall–Kier alpha value is -2.77. The number of anilines is 1. The van der Waals surface area contributed by atoms with Crippen molar-refractivity contribution in [3.63, 3.8) is 0 Å². The van der Waals surface area contributed by atoms with Crippen molar-refractivity contribution >= 4 is 32.5 Å². The highest BCUT2D eigenvalue weighted by Crippen LogP contribution is 2.22. The highest BCUT2D eigenvalue weighted by Gasteiger charge is 2.24. The number of fused-ring (bicyclic) bond motifs is 1. The van der Waals surface area contributed by atoms with E-state index >= 15 is 0 Å². The minimum atomic E-state index is -3.45. The number of sulfonamides is 1. The molecule has 1 aromatic heterocycles. The number of aryl methyl sites for hydroxylation is 1. The van der Waals surface area contributed by atoms with E-state index in [4.69, 9.17) is 0 Å². The Morgan fingerprint density at radius 3 is 2.39 bits per heavy atom. The third-order valence-electron chi connectivity index (χ3n) is 5.67. The molecule has 2 aromatic carbocycles. The molecular weight excluding hydrogens is 410 g/mol. The fourth-order valence-electron chi connectivity index (χ4n) is 3.93. The highest BCUT2D eigenvalue weighted by atomic mass is 32.2. The molecule has 0 spiro atoms. The summed E-state index contributed by atoms with van der Waals surface area (Å²) in [5.41, 5.74) is 2.39. The molecule has 1 N–H and O–H groups in total. The number of nitrogens with zero attached hydrogens (tertiary/aromatic N) is 2. The summed E-state index contributed by atoms with van der Waals surface area (Å²) in [5.74, 6) is -0.0978. The van der Waals surface area contributed by atoms with Crippen LogP contribution in [0.15, 0.2) is 65.7 Å². The standard InChI is InChI=1S/C24H27N3O3S/c28-23(26-22-9-5-7-20-8-6-16-25-24(20)22)15-12-19-10-13-21(14-11-19)31(29,30)27-17-3-1-2-4-18-27/h5-11,13-14,16H,1-4,12,15,17-18H2,(H,26,28). The van der Waals surface area contributed by atoms with E-state index in [1.807, 2.05) is 30.3 Å². The Morgan fingerprint density at radius 1 is 0.935 bits per heavy atom. The van der Waals surface area contributed by atoms with E-state index in [2.05, 4.69) is 10.3 Å². The quantitative estimate of drug-likeness (QED) is 0.621. The van der Waals surface area contributed by atoms with Crippen LogP contribution in [0.1, 0.15) is 37.7 Å².